The van der Waals surface area contributed by atoms with Crippen LogP contribution < -0.4 is 5.32 Å². The van der Waals surface area contributed by atoms with Gasteiger partial charge in [-0.25, -0.2) is 0 Å². The Morgan fingerprint density at radius 2 is 2.10 bits per heavy atom. The average Bonchev–Trinajstić information content (AvgIpc) is 2.77. The lowest BCUT2D eigenvalue weighted by atomic mass is 10.0. The number of hydrogen-bond acceptors (Lipinski definition) is 3. The molecule has 0 radical (unpaired) electrons. The fraction of sp³-hybridized carbons (Fsp3) is 0.647. The van der Waals surface area contributed by atoms with Gasteiger partial charge in [0, 0.05) is 30.9 Å². The topological polar surface area (TPSA) is 18.5 Å². The SMILES string of the molecule is CN(C)CC1CCCN1C1CCc2ccccc2NC1. The molecule has 0 aliphatic carbocycles. The van der Waals surface area contributed by atoms with Crippen molar-refractivity contribution in [1.29, 1.82) is 0 Å². The maximum absolute atomic E-state index is 3.67. The summed E-state index contributed by atoms with van der Waals surface area (Å²) in [4.78, 5) is 5.10. The molecule has 110 valence electrons. The minimum absolute atomic E-state index is 0.690. The molecule has 0 aromatic heterocycles. The van der Waals surface area contributed by atoms with Crippen molar-refractivity contribution in [2.75, 3.05) is 39.0 Å². The van der Waals surface area contributed by atoms with Crippen LogP contribution in [-0.4, -0.2) is 55.6 Å². The number of para-hydroxylation sites is 1. The Labute approximate surface area is 123 Å². The minimum Gasteiger partial charge on any atom is -0.383 e. The first kappa shape index (κ1) is 13.9. The molecule has 2 atom stereocenters. The second kappa shape index (κ2) is 6.15. The molecule has 0 bridgehead atoms. The highest BCUT2D eigenvalue weighted by atomic mass is 15.3. The van der Waals surface area contributed by atoms with E-state index >= 15 is 0 Å². The lowest BCUT2D eigenvalue weighted by Gasteiger charge is -2.34. The molecular weight excluding hydrogens is 246 g/mol. The third kappa shape index (κ3) is 2.99. The largest absolute Gasteiger partial charge is 0.383 e. The molecule has 0 saturated carbocycles. The van der Waals surface area contributed by atoms with Crippen LogP contribution in [0.2, 0.25) is 0 Å². The molecule has 3 nitrogen and oxygen atoms in total. The van der Waals surface area contributed by atoms with Crippen molar-refractivity contribution in [1.82, 2.24) is 9.80 Å². The number of nitrogens with zero attached hydrogens (tertiary/aromatic N) is 2. The highest BCUT2D eigenvalue weighted by molar-refractivity contribution is 5.52. The van der Waals surface area contributed by atoms with Gasteiger partial charge in [-0.05, 0) is 58.0 Å². The maximum atomic E-state index is 3.67. The predicted octanol–water partition coefficient (Wildman–Crippen LogP) is 2.44. The first-order valence-electron chi connectivity index (χ1n) is 7.96. The zero-order valence-corrected chi connectivity index (χ0v) is 12.8. The van der Waals surface area contributed by atoms with Gasteiger partial charge in [-0.2, -0.15) is 0 Å². The van der Waals surface area contributed by atoms with Gasteiger partial charge in [0.15, 0.2) is 0 Å². The van der Waals surface area contributed by atoms with Crippen molar-refractivity contribution in [3.8, 4) is 0 Å². The molecule has 1 aromatic carbocycles. The molecule has 3 rings (SSSR count). The van der Waals surface area contributed by atoms with Gasteiger partial charge in [0.2, 0.25) is 0 Å². The first-order valence-corrected chi connectivity index (χ1v) is 7.96. The van der Waals surface area contributed by atoms with Gasteiger partial charge in [-0.15, -0.1) is 0 Å². The molecule has 1 aromatic rings. The Kier molecular flexibility index (Phi) is 4.27. The number of aryl methyl sites for hydroxylation is 1. The van der Waals surface area contributed by atoms with Gasteiger partial charge in [0.1, 0.15) is 0 Å². The zero-order chi connectivity index (χ0) is 13.9. The van der Waals surface area contributed by atoms with Gasteiger partial charge >= 0.3 is 0 Å². The molecule has 3 heteroatoms. The van der Waals surface area contributed by atoms with E-state index in [-0.39, 0.29) is 0 Å². The Morgan fingerprint density at radius 3 is 2.95 bits per heavy atom. The number of rotatable bonds is 3. The lowest BCUT2D eigenvalue weighted by molar-refractivity contribution is 0.152. The van der Waals surface area contributed by atoms with Crippen molar-refractivity contribution in [2.24, 2.45) is 0 Å². The van der Waals surface area contributed by atoms with Crippen molar-refractivity contribution < 1.29 is 0 Å². The second-order valence-corrected chi connectivity index (χ2v) is 6.53. The monoisotopic (exact) mass is 273 g/mol. The highest BCUT2D eigenvalue weighted by Crippen LogP contribution is 2.27. The predicted molar refractivity (Wildman–Crippen MR) is 85.3 cm³/mol. The van der Waals surface area contributed by atoms with Crippen LogP contribution in [0.15, 0.2) is 24.3 Å². The fourth-order valence-corrected chi connectivity index (χ4v) is 3.80. The van der Waals surface area contributed by atoms with Crippen LogP contribution in [0.5, 0.6) is 0 Å². The maximum Gasteiger partial charge on any atom is 0.0373 e. The molecule has 0 amide bonds. The second-order valence-electron chi connectivity index (χ2n) is 6.53. The van der Waals surface area contributed by atoms with Crippen molar-refractivity contribution in [2.45, 2.75) is 37.8 Å². The number of hydrogen-bond donors (Lipinski definition) is 1. The van der Waals surface area contributed by atoms with Gasteiger partial charge in [0.05, 0.1) is 0 Å². The molecule has 2 unspecified atom stereocenters. The zero-order valence-electron chi connectivity index (χ0n) is 12.8. The molecule has 1 fully saturated rings. The van der Waals surface area contributed by atoms with E-state index in [0.29, 0.717) is 6.04 Å². The summed E-state index contributed by atoms with van der Waals surface area (Å²) in [7, 11) is 4.38. The van der Waals surface area contributed by atoms with E-state index in [1.807, 2.05) is 0 Å². The van der Waals surface area contributed by atoms with E-state index in [2.05, 4.69) is 53.5 Å². The third-order valence-corrected chi connectivity index (χ3v) is 4.76. The number of anilines is 1. The molecule has 0 spiro atoms. The summed E-state index contributed by atoms with van der Waals surface area (Å²) in [5, 5.41) is 3.67. The first-order chi connectivity index (χ1) is 9.74. The lowest BCUT2D eigenvalue weighted by Crippen LogP contribution is -2.46. The van der Waals surface area contributed by atoms with E-state index in [1.165, 1.54) is 50.0 Å². The minimum atomic E-state index is 0.690. The molecule has 2 aliphatic rings. The Balaban J connectivity index is 1.67. The molecule has 1 saturated heterocycles. The third-order valence-electron chi connectivity index (χ3n) is 4.76. The number of likely N-dealkylation sites (tertiary alicyclic amines) is 1. The van der Waals surface area contributed by atoms with Crippen LogP contribution in [-0.2, 0) is 6.42 Å². The Hall–Kier alpha value is -1.06. The summed E-state index contributed by atoms with van der Waals surface area (Å²) in [6.07, 6.45) is 5.22. The fourth-order valence-electron chi connectivity index (χ4n) is 3.80. The molecule has 2 aliphatic heterocycles. The van der Waals surface area contributed by atoms with Crippen LogP contribution in [0.25, 0.3) is 0 Å². The van der Waals surface area contributed by atoms with E-state index in [4.69, 9.17) is 0 Å². The summed E-state index contributed by atoms with van der Waals surface area (Å²) in [5.74, 6) is 0. The van der Waals surface area contributed by atoms with Crippen LogP contribution in [0.1, 0.15) is 24.8 Å². The van der Waals surface area contributed by atoms with E-state index in [9.17, 15) is 0 Å². The van der Waals surface area contributed by atoms with Gasteiger partial charge in [-0.1, -0.05) is 18.2 Å². The standard InChI is InChI=1S/C17H27N3/c1-19(2)13-16-7-5-11-20(16)15-10-9-14-6-3-4-8-17(14)18-12-15/h3-4,6,8,15-16,18H,5,7,9-13H2,1-2H3. The normalized spacial score (nSPS) is 27.1. The van der Waals surface area contributed by atoms with Gasteiger partial charge in [-0.3, -0.25) is 4.90 Å². The summed E-state index contributed by atoms with van der Waals surface area (Å²) in [6, 6.07) is 10.2. The van der Waals surface area contributed by atoms with Crippen LogP contribution >= 0.6 is 0 Å². The van der Waals surface area contributed by atoms with Crippen LogP contribution in [0, 0.1) is 0 Å². The molecule has 1 N–H and O–H groups in total. The summed E-state index contributed by atoms with van der Waals surface area (Å²) in [5.41, 5.74) is 2.83. The van der Waals surface area contributed by atoms with Crippen molar-refractivity contribution in [3.63, 3.8) is 0 Å². The Bertz CT molecular complexity index is 417. The van der Waals surface area contributed by atoms with E-state index in [1.54, 1.807) is 0 Å². The van der Waals surface area contributed by atoms with Crippen LogP contribution in [0.3, 0.4) is 0 Å². The van der Waals surface area contributed by atoms with Crippen molar-refractivity contribution >= 4 is 5.69 Å². The molecule has 20 heavy (non-hydrogen) atoms. The summed E-state index contributed by atoms with van der Waals surface area (Å²) >= 11 is 0. The molecular formula is C17H27N3. The average molecular weight is 273 g/mol. The molecule has 2 heterocycles. The van der Waals surface area contributed by atoms with Crippen molar-refractivity contribution in [3.05, 3.63) is 29.8 Å². The number of nitrogens with one attached hydrogen (secondary N) is 1. The quantitative estimate of drug-likeness (QED) is 0.912. The smallest absolute Gasteiger partial charge is 0.0373 e. The number of likely N-dealkylation sites (N-methyl/N-ethyl adjacent to an activating group) is 1. The number of fused-ring (bicyclic) bond motifs is 1. The van der Waals surface area contributed by atoms with E-state index in [0.717, 1.165) is 12.6 Å². The highest BCUT2D eigenvalue weighted by Gasteiger charge is 2.31. The van der Waals surface area contributed by atoms with Gasteiger partial charge < -0.3 is 10.2 Å². The Morgan fingerprint density at radius 1 is 1.25 bits per heavy atom. The summed E-state index contributed by atoms with van der Waals surface area (Å²) in [6.45, 7) is 3.57. The van der Waals surface area contributed by atoms with Gasteiger partial charge in [0.25, 0.3) is 0 Å². The van der Waals surface area contributed by atoms with E-state index < -0.39 is 0 Å². The van der Waals surface area contributed by atoms with Crippen LogP contribution in [0.4, 0.5) is 5.69 Å². The number of benzene rings is 1. The summed E-state index contributed by atoms with van der Waals surface area (Å²) < 4.78 is 0.